The van der Waals surface area contributed by atoms with Crippen LogP contribution in [0.25, 0.3) is 28.4 Å². The van der Waals surface area contributed by atoms with Gasteiger partial charge in [0.05, 0.1) is 0 Å². The first kappa shape index (κ1) is 17.5. The molecule has 0 unspecified atom stereocenters. The molecule has 0 saturated carbocycles. The van der Waals surface area contributed by atoms with Crippen molar-refractivity contribution in [3.63, 3.8) is 0 Å². The second-order valence-corrected chi connectivity index (χ2v) is 7.67. The molecule has 0 aliphatic carbocycles. The average molecular weight is 394 g/mol. The van der Waals surface area contributed by atoms with Gasteiger partial charge in [0.25, 0.3) is 0 Å². The first-order valence-electron chi connectivity index (χ1n) is 9.10. The fourth-order valence-electron chi connectivity index (χ4n) is 3.67. The van der Waals surface area contributed by atoms with Crippen LogP contribution in [0.2, 0.25) is 0 Å². The zero-order chi connectivity index (χ0) is 20.5. The summed E-state index contributed by atoms with van der Waals surface area (Å²) in [4.78, 5) is 12.8. The van der Waals surface area contributed by atoms with Gasteiger partial charge in [0.2, 0.25) is 12.5 Å². The third-order valence-corrected chi connectivity index (χ3v) is 5.11. The van der Waals surface area contributed by atoms with Gasteiger partial charge in [-0.15, -0.1) is 0 Å². The molecule has 2 aliphatic rings. The molecule has 0 spiro atoms. The van der Waals surface area contributed by atoms with E-state index in [9.17, 15) is 15.0 Å². The number of aryl methyl sites for hydroxylation is 1. The highest BCUT2D eigenvalue weighted by Gasteiger charge is 2.28. The summed E-state index contributed by atoms with van der Waals surface area (Å²) < 4.78 is 22.5. The molecule has 0 radical (unpaired) electrons. The monoisotopic (exact) mass is 394 g/mol. The summed E-state index contributed by atoms with van der Waals surface area (Å²) in [5, 5.41) is 21.0. The molecule has 0 bridgehead atoms. The van der Waals surface area contributed by atoms with Crippen LogP contribution in [-0.4, -0.2) is 22.6 Å². The topological polar surface area (TPSA) is 98.4 Å². The van der Waals surface area contributed by atoms with E-state index in [-0.39, 0.29) is 40.8 Å². The Balaban J connectivity index is 1.73. The van der Waals surface area contributed by atoms with Crippen molar-refractivity contribution in [3.05, 3.63) is 45.6 Å². The Morgan fingerprint density at radius 1 is 1.03 bits per heavy atom. The van der Waals surface area contributed by atoms with Gasteiger partial charge in [0, 0.05) is 22.8 Å². The largest absolute Gasteiger partial charge is 0.504 e. The molecule has 5 rings (SSSR count). The molecule has 2 aromatic carbocycles. The number of aromatic hydroxyl groups is 2. The van der Waals surface area contributed by atoms with Gasteiger partial charge in [0.15, 0.2) is 28.4 Å². The Labute approximate surface area is 165 Å². The maximum Gasteiger partial charge on any atom is 0.231 e. The van der Waals surface area contributed by atoms with Gasteiger partial charge in [0.1, 0.15) is 22.3 Å². The average Bonchev–Trinajstić information content (AvgIpc) is 3.16. The maximum absolute atomic E-state index is 12.8. The standard InChI is InChI=1S/C22H18O7/c1-10-18-16(17(25)21-19(10)26-9-27-21)13(23)8-15(28-18)12-6-11-4-5-22(2,3)29-20(11)14(24)7-12/h4-8,24-25H,9H2,1-3H3. The number of hydrogen-bond acceptors (Lipinski definition) is 7. The van der Waals surface area contributed by atoms with Crippen molar-refractivity contribution in [1.82, 2.24) is 0 Å². The molecule has 1 aromatic heterocycles. The quantitative estimate of drug-likeness (QED) is 0.641. The van der Waals surface area contributed by atoms with Crippen molar-refractivity contribution in [3.8, 4) is 40.1 Å². The molecule has 0 fully saturated rings. The van der Waals surface area contributed by atoms with Crippen molar-refractivity contribution >= 4 is 17.0 Å². The number of phenolic OH excluding ortho intramolecular Hbond substituents is 2. The van der Waals surface area contributed by atoms with Crippen LogP contribution >= 0.6 is 0 Å². The molecule has 2 aliphatic heterocycles. The highest BCUT2D eigenvalue weighted by atomic mass is 16.7. The molecule has 0 saturated heterocycles. The normalized spacial score (nSPS) is 16.0. The van der Waals surface area contributed by atoms with Crippen LogP contribution in [0.4, 0.5) is 0 Å². The number of hydrogen-bond donors (Lipinski definition) is 2. The molecular weight excluding hydrogens is 376 g/mol. The number of ether oxygens (including phenoxy) is 3. The lowest BCUT2D eigenvalue weighted by Crippen LogP contribution is -2.27. The van der Waals surface area contributed by atoms with E-state index in [1.54, 1.807) is 13.0 Å². The Hall–Kier alpha value is -3.61. The van der Waals surface area contributed by atoms with Crippen LogP contribution in [-0.2, 0) is 0 Å². The fourth-order valence-corrected chi connectivity index (χ4v) is 3.67. The SMILES string of the molecule is Cc1c2c(c(O)c3c(=O)cc(-c4cc(O)c5c(c4)C=CC(C)(C)O5)oc13)OCO2. The summed E-state index contributed by atoms with van der Waals surface area (Å²) >= 11 is 0. The van der Waals surface area contributed by atoms with E-state index < -0.39 is 11.0 Å². The number of fused-ring (bicyclic) bond motifs is 3. The molecule has 7 heteroatoms. The molecule has 148 valence electrons. The van der Waals surface area contributed by atoms with Crippen molar-refractivity contribution in [2.24, 2.45) is 0 Å². The minimum Gasteiger partial charge on any atom is -0.504 e. The summed E-state index contributed by atoms with van der Waals surface area (Å²) in [5.41, 5.74) is 0.983. The minimum absolute atomic E-state index is 0.0302. The molecule has 29 heavy (non-hydrogen) atoms. The highest BCUT2D eigenvalue weighted by molar-refractivity contribution is 5.93. The van der Waals surface area contributed by atoms with Gasteiger partial charge in [-0.1, -0.05) is 6.08 Å². The van der Waals surface area contributed by atoms with E-state index in [2.05, 4.69) is 0 Å². The first-order valence-corrected chi connectivity index (χ1v) is 9.10. The number of phenols is 2. The molecule has 3 heterocycles. The van der Waals surface area contributed by atoms with Crippen LogP contribution in [0.3, 0.4) is 0 Å². The molecular formula is C22H18O7. The third kappa shape index (κ3) is 2.54. The zero-order valence-corrected chi connectivity index (χ0v) is 16.0. The third-order valence-electron chi connectivity index (χ3n) is 5.11. The molecule has 2 N–H and O–H groups in total. The maximum atomic E-state index is 12.8. The second kappa shape index (κ2) is 5.70. The van der Waals surface area contributed by atoms with E-state index in [4.69, 9.17) is 18.6 Å². The molecule has 7 nitrogen and oxygen atoms in total. The minimum atomic E-state index is -0.529. The van der Waals surface area contributed by atoms with Crippen LogP contribution < -0.4 is 19.6 Å². The lowest BCUT2D eigenvalue weighted by atomic mass is 9.99. The molecule has 0 atom stereocenters. The van der Waals surface area contributed by atoms with Crippen molar-refractivity contribution in [2.75, 3.05) is 6.79 Å². The Morgan fingerprint density at radius 3 is 2.59 bits per heavy atom. The zero-order valence-electron chi connectivity index (χ0n) is 16.0. The van der Waals surface area contributed by atoms with Crippen LogP contribution in [0.5, 0.6) is 28.7 Å². The van der Waals surface area contributed by atoms with Gasteiger partial charge in [-0.2, -0.15) is 0 Å². The van der Waals surface area contributed by atoms with E-state index >= 15 is 0 Å². The van der Waals surface area contributed by atoms with Crippen LogP contribution in [0, 0.1) is 6.92 Å². The van der Waals surface area contributed by atoms with Gasteiger partial charge in [-0.05, 0) is 39.0 Å². The Bertz CT molecular complexity index is 1280. The van der Waals surface area contributed by atoms with E-state index in [1.807, 2.05) is 26.0 Å². The summed E-state index contributed by atoms with van der Waals surface area (Å²) in [7, 11) is 0. The smallest absolute Gasteiger partial charge is 0.231 e. The Morgan fingerprint density at radius 2 is 1.79 bits per heavy atom. The number of benzene rings is 2. The van der Waals surface area contributed by atoms with Crippen LogP contribution in [0.15, 0.2) is 33.5 Å². The van der Waals surface area contributed by atoms with Crippen molar-refractivity contribution in [2.45, 2.75) is 26.4 Å². The fraction of sp³-hybridized carbons (Fsp3) is 0.227. The molecule has 0 amide bonds. The predicted octanol–water partition coefficient (Wildman–Crippen LogP) is 4.09. The number of rotatable bonds is 1. The lowest BCUT2D eigenvalue weighted by molar-refractivity contribution is 0.153. The second-order valence-electron chi connectivity index (χ2n) is 7.67. The summed E-state index contributed by atoms with van der Waals surface area (Å²) in [5.74, 6) is 0.767. The predicted molar refractivity (Wildman–Crippen MR) is 106 cm³/mol. The summed E-state index contributed by atoms with van der Waals surface area (Å²) in [6, 6.07) is 4.54. The van der Waals surface area contributed by atoms with Crippen LogP contribution in [0.1, 0.15) is 25.0 Å². The lowest BCUT2D eigenvalue weighted by Gasteiger charge is -2.28. The summed E-state index contributed by atoms with van der Waals surface area (Å²) in [6.07, 6.45) is 3.74. The molecule has 3 aromatic rings. The van der Waals surface area contributed by atoms with Crippen molar-refractivity contribution < 1.29 is 28.8 Å². The van der Waals surface area contributed by atoms with Gasteiger partial charge in [-0.3, -0.25) is 4.79 Å². The van der Waals surface area contributed by atoms with E-state index in [1.165, 1.54) is 12.1 Å². The van der Waals surface area contributed by atoms with E-state index in [0.29, 0.717) is 28.2 Å². The summed E-state index contributed by atoms with van der Waals surface area (Å²) in [6.45, 7) is 5.47. The highest BCUT2D eigenvalue weighted by Crippen LogP contribution is 2.48. The van der Waals surface area contributed by atoms with Gasteiger partial charge >= 0.3 is 0 Å². The Kier molecular flexibility index (Phi) is 3.44. The first-order chi connectivity index (χ1) is 13.7. The van der Waals surface area contributed by atoms with E-state index in [0.717, 1.165) is 0 Å². The van der Waals surface area contributed by atoms with Crippen molar-refractivity contribution in [1.29, 1.82) is 0 Å². The van der Waals surface area contributed by atoms with Gasteiger partial charge in [-0.25, -0.2) is 0 Å². The van der Waals surface area contributed by atoms with Gasteiger partial charge < -0.3 is 28.8 Å².